The number of hydrogen-bond acceptors (Lipinski definition) is 5. The minimum atomic E-state index is -0.0972. The predicted octanol–water partition coefficient (Wildman–Crippen LogP) is 22.9. The topological polar surface area (TPSA) is 14.7 Å². The van der Waals surface area contributed by atoms with Gasteiger partial charge in [0, 0.05) is 81.1 Å². The van der Waals surface area contributed by atoms with Crippen molar-refractivity contribution in [2.24, 2.45) is 0 Å². The van der Waals surface area contributed by atoms with Crippen LogP contribution in [0.25, 0.3) is 68.5 Å². The molecule has 5 heterocycles. The van der Waals surface area contributed by atoms with Crippen molar-refractivity contribution in [1.29, 1.82) is 0 Å². The van der Waals surface area contributed by atoms with Crippen molar-refractivity contribution in [3.63, 3.8) is 0 Å². The summed E-state index contributed by atoms with van der Waals surface area (Å²) in [5.41, 5.74) is 31.9. The van der Waals surface area contributed by atoms with E-state index in [0.717, 1.165) is 22.7 Å². The molecule has 0 bridgehead atoms. The van der Waals surface area contributed by atoms with Crippen LogP contribution in [-0.2, 0) is 10.8 Å². The van der Waals surface area contributed by atoms with Crippen LogP contribution in [0.1, 0.15) is 91.6 Å². The molecule has 4 nitrogen and oxygen atoms in total. The Hall–Kier alpha value is -9.40. The standard InChI is InChI=1S/C85H75BN4S2/c1-50-37-74-82-75(38-50)90(65-43-53(4)81(54(5)44-65)79-46-58-24-18-22-30-77(58)92-79)73-49-63(87(83-55(6)39-60(40-56(83)7)85(11,12)13)62-32-34-67-66-27-19-20-28-70(66)88(72(67)48-62)61-25-15-14-16-26-61)33-35-68(73)86(82)69-47-59(84(8,9)10)31-36-71(69)89(74)64-41-51(2)80(52(3)42-64)78-45-57-23-17-21-29-76(57)91-78/h14-49H,1-13H3. The van der Waals surface area contributed by atoms with Crippen molar-refractivity contribution >= 4 is 139 Å². The summed E-state index contributed by atoms with van der Waals surface area (Å²) in [6.07, 6.45) is 0. The Morgan fingerprint density at radius 2 is 0.880 bits per heavy atom. The van der Waals surface area contributed by atoms with Crippen molar-refractivity contribution in [2.75, 3.05) is 14.7 Å². The third-order valence-corrected chi connectivity index (χ3v) is 22.0. The van der Waals surface area contributed by atoms with Crippen molar-refractivity contribution < 1.29 is 0 Å². The molecule has 92 heavy (non-hydrogen) atoms. The SMILES string of the molecule is Cc1cc2c3c(c1)N(c1cc(C)c(-c4cc5ccccc5s4)c(C)c1)c1cc(N(c4ccc5c6ccccc6n(-c6ccccc6)c5c4)c4c(C)cc(C(C)(C)C)cc4C)ccc1B3c1cc(C(C)(C)C)ccc1N2c1cc(C)c(-c2cc3ccccc3s2)c(C)c1. The van der Waals surface area contributed by atoms with Crippen molar-refractivity contribution in [3.05, 3.63) is 268 Å². The van der Waals surface area contributed by atoms with Gasteiger partial charge in [0.2, 0.25) is 0 Å². The van der Waals surface area contributed by atoms with Crippen LogP contribution in [0, 0.1) is 48.5 Å². The van der Waals surface area contributed by atoms with Crippen LogP contribution in [0.2, 0.25) is 0 Å². The van der Waals surface area contributed by atoms with Gasteiger partial charge in [0.15, 0.2) is 0 Å². The maximum atomic E-state index is 2.64. The van der Waals surface area contributed by atoms with Crippen LogP contribution in [0.3, 0.4) is 0 Å². The molecule has 0 aliphatic carbocycles. The van der Waals surface area contributed by atoms with E-state index in [1.165, 1.54) is 163 Å². The fourth-order valence-corrected chi connectivity index (χ4v) is 18.0. The van der Waals surface area contributed by atoms with Gasteiger partial charge in [0.25, 0.3) is 6.71 Å². The molecular weight excluding hydrogens is 1150 g/mol. The van der Waals surface area contributed by atoms with Gasteiger partial charge < -0.3 is 19.3 Å². The third-order valence-electron chi connectivity index (χ3n) is 19.7. The number of aryl methyl sites for hydroxylation is 7. The molecule has 16 rings (SSSR count). The first-order valence-electron chi connectivity index (χ1n) is 32.5. The number of thiophene rings is 2. The molecule has 14 aromatic rings. The summed E-state index contributed by atoms with van der Waals surface area (Å²) in [5, 5.41) is 5.05. The van der Waals surface area contributed by atoms with Gasteiger partial charge in [-0.1, -0.05) is 151 Å². The van der Waals surface area contributed by atoms with E-state index in [2.05, 4.69) is 328 Å². The van der Waals surface area contributed by atoms with Gasteiger partial charge in [0.05, 0.1) is 16.7 Å². The summed E-state index contributed by atoms with van der Waals surface area (Å²) in [7, 11) is 0. The molecule has 7 heteroatoms. The zero-order chi connectivity index (χ0) is 63.4. The zero-order valence-corrected chi connectivity index (χ0v) is 56.6. The first kappa shape index (κ1) is 57.7. The second-order valence-electron chi connectivity index (χ2n) is 28.2. The van der Waals surface area contributed by atoms with E-state index in [0.29, 0.717) is 0 Å². The van der Waals surface area contributed by atoms with E-state index < -0.39 is 0 Å². The number of hydrogen-bond donors (Lipinski definition) is 0. The Morgan fingerprint density at radius 1 is 0.370 bits per heavy atom. The summed E-state index contributed by atoms with van der Waals surface area (Å²) in [5.74, 6) is 0. The Balaban J connectivity index is 0.965. The second kappa shape index (κ2) is 21.3. The highest BCUT2D eigenvalue weighted by Gasteiger charge is 2.45. The monoisotopic (exact) mass is 1230 g/mol. The number of anilines is 9. The maximum Gasteiger partial charge on any atom is 0.252 e. The first-order chi connectivity index (χ1) is 44.2. The average Bonchev–Trinajstić information content (AvgIpc) is 0.807. The quantitative estimate of drug-likeness (QED) is 0.141. The molecule has 0 spiro atoms. The van der Waals surface area contributed by atoms with Gasteiger partial charge >= 0.3 is 0 Å². The van der Waals surface area contributed by atoms with Crippen LogP contribution in [0.4, 0.5) is 51.2 Å². The van der Waals surface area contributed by atoms with E-state index in [-0.39, 0.29) is 17.5 Å². The van der Waals surface area contributed by atoms with Gasteiger partial charge in [-0.15, -0.1) is 22.7 Å². The highest BCUT2D eigenvalue weighted by molar-refractivity contribution is 7.22. The summed E-state index contributed by atoms with van der Waals surface area (Å²) in [4.78, 5) is 10.4. The molecule has 0 fully saturated rings. The minimum Gasteiger partial charge on any atom is -0.311 e. The van der Waals surface area contributed by atoms with Gasteiger partial charge in [-0.05, 0) is 257 Å². The lowest BCUT2D eigenvalue weighted by atomic mass is 9.33. The molecule has 450 valence electrons. The molecular formula is C85H75BN4S2. The highest BCUT2D eigenvalue weighted by atomic mass is 32.1. The van der Waals surface area contributed by atoms with Crippen LogP contribution in [0.5, 0.6) is 0 Å². The lowest BCUT2D eigenvalue weighted by molar-refractivity contribution is 0.589. The fraction of sp³-hybridized carbons (Fsp3) is 0.176. The number of benzene rings is 11. The minimum absolute atomic E-state index is 0.0343. The molecule has 0 saturated heterocycles. The van der Waals surface area contributed by atoms with Gasteiger partial charge in [0.1, 0.15) is 0 Å². The number of para-hydroxylation sites is 2. The summed E-state index contributed by atoms with van der Waals surface area (Å²) in [6, 6.07) is 83.8. The number of aromatic nitrogens is 1. The normalized spacial score (nSPS) is 13.0. The van der Waals surface area contributed by atoms with Crippen LogP contribution in [0.15, 0.2) is 218 Å². The van der Waals surface area contributed by atoms with E-state index in [4.69, 9.17) is 0 Å². The van der Waals surface area contributed by atoms with Crippen LogP contribution < -0.4 is 31.1 Å². The van der Waals surface area contributed by atoms with Crippen molar-refractivity contribution in [3.8, 4) is 26.6 Å². The number of nitrogens with zero attached hydrogens (tertiary/aromatic N) is 4. The van der Waals surface area contributed by atoms with E-state index in [1.54, 1.807) is 0 Å². The average molecular weight is 1230 g/mol. The Bertz CT molecular complexity index is 5240. The number of rotatable bonds is 8. The van der Waals surface area contributed by atoms with Gasteiger partial charge in [-0.3, -0.25) is 0 Å². The summed E-state index contributed by atoms with van der Waals surface area (Å²) < 4.78 is 5.08. The van der Waals surface area contributed by atoms with Crippen LogP contribution in [-0.4, -0.2) is 11.3 Å². The van der Waals surface area contributed by atoms with Crippen molar-refractivity contribution in [2.45, 2.75) is 101 Å². The molecule has 0 unspecified atom stereocenters. The molecule has 3 aromatic heterocycles. The molecule has 0 saturated carbocycles. The maximum absolute atomic E-state index is 2.64. The lowest BCUT2D eigenvalue weighted by Gasteiger charge is -2.45. The van der Waals surface area contributed by atoms with Crippen molar-refractivity contribution in [1.82, 2.24) is 4.57 Å². The Labute approximate surface area is 550 Å². The Morgan fingerprint density at radius 3 is 1.46 bits per heavy atom. The summed E-state index contributed by atoms with van der Waals surface area (Å²) >= 11 is 3.78. The van der Waals surface area contributed by atoms with E-state index >= 15 is 0 Å². The predicted molar refractivity (Wildman–Crippen MR) is 402 cm³/mol. The molecule has 0 amide bonds. The first-order valence-corrected chi connectivity index (χ1v) is 34.1. The highest BCUT2D eigenvalue weighted by Crippen LogP contribution is 2.51. The molecule has 2 aliphatic rings. The molecule has 2 aliphatic heterocycles. The third kappa shape index (κ3) is 9.28. The zero-order valence-electron chi connectivity index (χ0n) is 55.0. The molecule has 0 atom stereocenters. The number of fused-ring (bicyclic) bond motifs is 9. The smallest absolute Gasteiger partial charge is 0.252 e. The molecule has 11 aromatic carbocycles. The second-order valence-corrected chi connectivity index (χ2v) is 30.4. The largest absolute Gasteiger partial charge is 0.311 e. The van der Waals surface area contributed by atoms with E-state index in [1.807, 2.05) is 22.7 Å². The molecule has 0 N–H and O–H groups in total. The van der Waals surface area contributed by atoms with Gasteiger partial charge in [-0.2, -0.15) is 0 Å². The molecule has 0 radical (unpaired) electrons. The van der Waals surface area contributed by atoms with E-state index in [9.17, 15) is 0 Å². The lowest BCUT2D eigenvalue weighted by Crippen LogP contribution is -2.61. The van der Waals surface area contributed by atoms with Crippen LogP contribution >= 0.6 is 22.7 Å². The fourth-order valence-electron chi connectivity index (χ4n) is 15.5. The van der Waals surface area contributed by atoms with Gasteiger partial charge in [-0.25, -0.2) is 0 Å². The Kier molecular flexibility index (Phi) is 13.4. The summed E-state index contributed by atoms with van der Waals surface area (Å²) in [6.45, 7) is 30.2.